The molecule has 0 fully saturated rings. The summed E-state index contributed by atoms with van der Waals surface area (Å²) in [5, 5.41) is 0. The molecule has 14 heavy (non-hydrogen) atoms. The molecule has 1 aromatic heterocycles. The van der Waals surface area contributed by atoms with Crippen molar-refractivity contribution in [2.75, 3.05) is 14.2 Å². The number of methoxy groups -OCH3 is 2. The summed E-state index contributed by atoms with van der Waals surface area (Å²) in [5.74, 6) is -0.0442. The summed E-state index contributed by atoms with van der Waals surface area (Å²) in [5.41, 5.74) is 0.347. The van der Waals surface area contributed by atoms with Crippen LogP contribution in [-0.4, -0.2) is 25.2 Å². The molecule has 0 atom stereocenters. The molecule has 6 heteroatoms. The highest BCUT2D eigenvalue weighted by Gasteiger charge is 2.15. The van der Waals surface area contributed by atoms with E-state index in [1.165, 1.54) is 14.2 Å². The van der Waals surface area contributed by atoms with Gasteiger partial charge >= 0.3 is 5.97 Å². The van der Waals surface area contributed by atoms with Crippen molar-refractivity contribution in [2.45, 2.75) is 0 Å². The van der Waals surface area contributed by atoms with Crippen LogP contribution in [0.5, 0.6) is 5.88 Å². The van der Waals surface area contributed by atoms with Gasteiger partial charge in [-0.1, -0.05) is 0 Å². The lowest BCUT2D eigenvalue weighted by Gasteiger charge is -2.06. The lowest BCUT2D eigenvalue weighted by Crippen LogP contribution is -2.04. The molecule has 0 aliphatic rings. The van der Waals surface area contributed by atoms with E-state index >= 15 is 0 Å². The second-order valence-corrected chi connectivity index (χ2v) is 3.91. The van der Waals surface area contributed by atoms with Crippen LogP contribution >= 0.6 is 31.9 Å². The maximum Gasteiger partial charge on any atom is 0.340 e. The number of rotatable bonds is 2. The average Bonchev–Trinajstić information content (AvgIpc) is 2.19. The highest BCUT2D eigenvalue weighted by molar-refractivity contribution is 9.11. The molecular formula is C8H7Br2NO3. The summed E-state index contributed by atoms with van der Waals surface area (Å²) >= 11 is 6.37. The van der Waals surface area contributed by atoms with Crippen LogP contribution in [0.1, 0.15) is 10.4 Å². The topological polar surface area (TPSA) is 48.4 Å². The van der Waals surface area contributed by atoms with Crippen LogP contribution in [0.2, 0.25) is 0 Å². The van der Waals surface area contributed by atoms with Gasteiger partial charge in [0.1, 0.15) is 4.60 Å². The van der Waals surface area contributed by atoms with Crippen molar-refractivity contribution in [1.29, 1.82) is 0 Å². The predicted molar refractivity (Wildman–Crippen MR) is 57.5 cm³/mol. The van der Waals surface area contributed by atoms with Crippen LogP contribution in [0.3, 0.4) is 0 Å². The number of hydrogen-bond acceptors (Lipinski definition) is 4. The van der Waals surface area contributed by atoms with E-state index < -0.39 is 5.97 Å². The minimum atomic E-state index is -0.451. The first kappa shape index (κ1) is 11.5. The van der Waals surface area contributed by atoms with E-state index in [1.54, 1.807) is 6.07 Å². The smallest absolute Gasteiger partial charge is 0.340 e. The zero-order valence-corrected chi connectivity index (χ0v) is 10.7. The molecule has 76 valence electrons. The highest BCUT2D eigenvalue weighted by Crippen LogP contribution is 2.28. The van der Waals surface area contributed by atoms with Crippen LogP contribution in [0.4, 0.5) is 0 Å². The van der Waals surface area contributed by atoms with E-state index in [-0.39, 0.29) is 0 Å². The average molecular weight is 325 g/mol. The second kappa shape index (κ2) is 4.75. The molecule has 0 saturated carbocycles. The Morgan fingerprint density at radius 3 is 2.57 bits per heavy atom. The van der Waals surface area contributed by atoms with Gasteiger partial charge in [0.05, 0.1) is 24.3 Å². The quantitative estimate of drug-likeness (QED) is 0.619. The molecule has 0 spiro atoms. The lowest BCUT2D eigenvalue weighted by molar-refractivity contribution is 0.0599. The normalized spacial score (nSPS) is 9.71. The Bertz CT molecular complexity index is 368. The number of nitrogens with zero attached hydrogens (tertiary/aromatic N) is 1. The molecule has 0 saturated heterocycles. The molecule has 1 aromatic rings. The third kappa shape index (κ3) is 2.24. The summed E-state index contributed by atoms with van der Waals surface area (Å²) in [6.07, 6.45) is 0. The number of halogens is 2. The molecule has 0 aliphatic carbocycles. The number of carbonyl (C=O) groups excluding carboxylic acids is 1. The zero-order chi connectivity index (χ0) is 10.7. The zero-order valence-electron chi connectivity index (χ0n) is 7.51. The van der Waals surface area contributed by atoms with Gasteiger partial charge in [-0.15, -0.1) is 0 Å². The van der Waals surface area contributed by atoms with Gasteiger partial charge in [-0.3, -0.25) is 0 Å². The Labute approximate surface area is 97.9 Å². The monoisotopic (exact) mass is 323 g/mol. The van der Waals surface area contributed by atoms with E-state index in [1.807, 2.05) is 0 Å². The minimum absolute atomic E-state index is 0.347. The standard InChI is InChI=1S/C8H7Br2NO3/c1-13-7-5(9)3-4(6(10)11-7)8(12)14-2/h3H,1-2H3. The van der Waals surface area contributed by atoms with Crippen LogP contribution in [0, 0.1) is 0 Å². The van der Waals surface area contributed by atoms with E-state index in [9.17, 15) is 4.79 Å². The molecule has 0 unspecified atom stereocenters. The third-order valence-corrected chi connectivity index (χ3v) is 2.67. The lowest BCUT2D eigenvalue weighted by atomic mass is 10.3. The predicted octanol–water partition coefficient (Wildman–Crippen LogP) is 2.40. The van der Waals surface area contributed by atoms with Gasteiger partial charge in [-0.25, -0.2) is 9.78 Å². The summed E-state index contributed by atoms with van der Waals surface area (Å²) in [6, 6.07) is 1.59. The number of esters is 1. The molecular weight excluding hydrogens is 318 g/mol. The Kier molecular flexibility index (Phi) is 3.88. The summed E-state index contributed by atoms with van der Waals surface area (Å²) in [4.78, 5) is 15.2. The Balaban J connectivity index is 3.21. The molecule has 0 amide bonds. The van der Waals surface area contributed by atoms with Gasteiger partial charge < -0.3 is 9.47 Å². The van der Waals surface area contributed by atoms with Crippen molar-refractivity contribution in [2.24, 2.45) is 0 Å². The molecule has 0 aliphatic heterocycles. The summed E-state index contributed by atoms with van der Waals surface area (Å²) in [7, 11) is 2.81. The number of aromatic nitrogens is 1. The fourth-order valence-electron chi connectivity index (χ4n) is 0.847. The number of carbonyl (C=O) groups is 1. The summed E-state index contributed by atoms with van der Waals surface area (Å²) in [6.45, 7) is 0. The van der Waals surface area contributed by atoms with Crippen molar-refractivity contribution in [3.63, 3.8) is 0 Å². The van der Waals surface area contributed by atoms with Gasteiger partial charge in [0.2, 0.25) is 5.88 Å². The Morgan fingerprint density at radius 2 is 2.07 bits per heavy atom. The summed E-state index contributed by atoms with van der Waals surface area (Å²) < 4.78 is 10.5. The molecule has 0 N–H and O–H groups in total. The first-order chi connectivity index (χ1) is 6.60. The van der Waals surface area contributed by atoms with Crippen molar-refractivity contribution < 1.29 is 14.3 Å². The maximum absolute atomic E-state index is 11.2. The van der Waals surface area contributed by atoms with Gasteiger partial charge in [-0.2, -0.15) is 0 Å². The first-order valence-corrected chi connectivity index (χ1v) is 5.17. The molecule has 0 bridgehead atoms. The van der Waals surface area contributed by atoms with E-state index in [4.69, 9.17) is 4.74 Å². The molecule has 0 aromatic carbocycles. The van der Waals surface area contributed by atoms with E-state index in [0.717, 1.165) is 0 Å². The Morgan fingerprint density at radius 1 is 1.43 bits per heavy atom. The maximum atomic E-state index is 11.2. The van der Waals surface area contributed by atoms with Gasteiger partial charge in [0.25, 0.3) is 0 Å². The second-order valence-electron chi connectivity index (χ2n) is 2.31. The van der Waals surface area contributed by atoms with Gasteiger partial charge in [0, 0.05) is 0 Å². The van der Waals surface area contributed by atoms with Crippen LogP contribution < -0.4 is 4.74 Å². The van der Waals surface area contributed by atoms with Crippen LogP contribution in [0.15, 0.2) is 15.1 Å². The number of ether oxygens (including phenoxy) is 2. The SMILES string of the molecule is COC(=O)c1cc(Br)c(OC)nc1Br. The fourth-order valence-corrected chi connectivity index (χ4v) is 1.76. The van der Waals surface area contributed by atoms with Gasteiger partial charge in [-0.05, 0) is 37.9 Å². The number of hydrogen-bond donors (Lipinski definition) is 0. The first-order valence-electron chi connectivity index (χ1n) is 3.58. The highest BCUT2D eigenvalue weighted by atomic mass is 79.9. The van der Waals surface area contributed by atoms with Crippen molar-refractivity contribution in [3.8, 4) is 5.88 Å². The van der Waals surface area contributed by atoms with Crippen molar-refractivity contribution >= 4 is 37.8 Å². The van der Waals surface area contributed by atoms with Crippen molar-refractivity contribution in [3.05, 3.63) is 20.7 Å². The van der Waals surface area contributed by atoms with Crippen LogP contribution in [-0.2, 0) is 4.74 Å². The molecule has 1 rings (SSSR count). The number of pyridine rings is 1. The largest absolute Gasteiger partial charge is 0.480 e. The van der Waals surface area contributed by atoms with E-state index in [0.29, 0.717) is 20.5 Å². The Hall–Kier alpha value is -0.620. The molecule has 1 heterocycles. The van der Waals surface area contributed by atoms with Gasteiger partial charge in [0.15, 0.2) is 0 Å². The third-order valence-electron chi connectivity index (χ3n) is 1.50. The van der Waals surface area contributed by atoms with Crippen molar-refractivity contribution in [1.82, 2.24) is 4.98 Å². The molecule has 0 radical (unpaired) electrons. The fraction of sp³-hybridized carbons (Fsp3) is 0.250. The van der Waals surface area contributed by atoms with E-state index in [2.05, 4.69) is 41.6 Å². The van der Waals surface area contributed by atoms with Crippen LogP contribution in [0.25, 0.3) is 0 Å². The minimum Gasteiger partial charge on any atom is -0.480 e. The molecule has 4 nitrogen and oxygen atoms in total.